The minimum atomic E-state index is 0.363. The van der Waals surface area contributed by atoms with Gasteiger partial charge in [-0.05, 0) is 42.7 Å². The summed E-state index contributed by atoms with van der Waals surface area (Å²) in [5.41, 5.74) is 9.03. The lowest BCUT2D eigenvalue weighted by atomic mass is 10.0. The van der Waals surface area contributed by atoms with Crippen LogP contribution in [0, 0.1) is 0 Å². The highest BCUT2D eigenvalue weighted by Crippen LogP contribution is 2.34. The molecule has 3 aromatic rings. The number of nitrogens with two attached hydrogens (primary N) is 1. The zero-order valence-electron chi connectivity index (χ0n) is 15.4. The number of hydrogen-bond donors (Lipinski definition) is 1. The molecule has 26 heavy (non-hydrogen) atoms. The molecule has 2 N–H and O–H groups in total. The number of ether oxygens (including phenoxy) is 1. The lowest BCUT2D eigenvalue weighted by molar-refractivity contribution is 0.464. The van der Waals surface area contributed by atoms with Gasteiger partial charge in [0, 0.05) is 12.2 Å². The van der Waals surface area contributed by atoms with E-state index in [0.717, 1.165) is 12.2 Å². The quantitative estimate of drug-likeness (QED) is 0.669. The third kappa shape index (κ3) is 3.77. The van der Waals surface area contributed by atoms with E-state index < -0.39 is 0 Å². The molecular weight excluding hydrogens is 324 g/mol. The highest BCUT2D eigenvalue weighted by Gasteiger charge is 2.17. The summed E-state index contributed by atoms with van der Waals surface area (Å²) in [7, 11) is 0. The summed E-state index contributed by atoms with van der Waals surface area (Å²) in [5.74, 6) is 2.18. The summed E-state index contributed by atoms with van der Waals surface area (Å²) in [6, 6.07) is 18.0. The van der Waals surface area contributed by atoms with Crippen LogP contribution in [0.4, 0.5) is 17.2 Å². The van der Waals surface area contributed by atoms with Crippen LogP contribution in [0.5, 0.6) is 11.6 Å². The smallest absolute Gasteiger partial charge is 0.248 e. The van der Waals surface area contributed by atoms with Crippen LogP contribution in [0.15, 0.2) is 60.9 Å². The number of aromatic nitrogens is 2. The topological polar surface area (TPSA) is 64.3 Å². The van der Waals surface area contributed by atoms with E-state index >= 15 is 0 Å². The van der Waals surface area contributed by atoms with Gasteiger partial charge in [-0.1, -0.05) is 44.2 Å². The summed E-state index contributed by atoms with van der Waals surface area (Å²) in [4.78, 5) is 10.6. The van der Waals surface area contributed by atoms with Crippen LogP contribution >= 0.6 is 0 Å². The van der Waals surface area contributed by atoms with Crippen LogP contribution in [0.2, 0.25) is 0 Å². The highest BCUT2D eigenvalue weighted by atomic mass is 16.5. The van der Waals surface area contributed by atoms with Gasteiger partial charge in [0.2, 0.25) is 5.88 Å². The predicted molar refractivity (Wildman–Crippen MR) is 106 cm³/mol. The molecule has 134 valence electrons. The van der Waals surface area contributed by atoms with Crippen molar-refractivity contribution in [1.29, 1.82) is 0 Å². The standard InChI is InChI=1S/C21H24N4O/c1-4-25(17-8-6-5-7-9-17)20-19(22)21(24-14-23-20)26-18-12-10-16(11-13-18)15(2)3/h5-15H,4,22H2,1-3H3. The number of nitrogen functional groups attached to an aromatic ring is 1. The van der Waals surface area contributed by atoms with Gasteiger partial charge < -0.3 is 15.4 Å². The molecule has 5 heteroatoms. The van der Waals surface area contributed by atoms with Crippen molar-refractivity contribution in [2.24, 2.45) is 0 Å². The maximum atomic E-state index is 6.33. The molecule has 0 fully saturated rings. The van der Waals surface area contributed by atoms with E-state index in [1.807, 2.05) is 47.4 Å². The van der Waals surface area contributed by atoms with Crippen LogP contribution < -0.4 is 15.4 Å². The van der Waals surface area contributed by atoms with Crippen LogP contribution in [0.3, 0.4) is 0 Å². The number of anilines is 3. The minimum Gasteiger partial charge on any atom is -0.437 e. The Labute approximate surface area is 154 Å². The van der Waals surface area contributed by atoms with Gasteiger partial charge >= 0.3 is 0 Å². The van der Waals surface area contributed by atoms with Crippen molar-refractivity contribution in [3.63, 3.8) is 0 Å². The van der Waals surface area contributed by atoms with Gasteiger partial charge in [0.15, 0.2) is 5.82 Å². The van der Waals surface area contributed by atoms with E-state index in [1.165, 1.54) is 11.9 Å². The molecule has 0 amide bonds. The maximum Gasteiger partial charge on any atom is 0.248 e. The predicted octanol–water partition coefficient (Wildman–Crippen LogP) is 5.13. The van der Waals surface area contributed by atoms with Gasteiger partial charge in [0.1, 0.15) is 17.8 Å². The SMILES string of the molecule is CCN(c1ccccc1)c1ncnc(Oc2ccc(C(C)C)cc2)c1N. The van der Waals surface area contributed by atoms with Gasteiger partial charge in [0.05, 0.1) is 0 Å². The zero-order chi connectivity index (χ0) is 18.5. The van der Waals surface area contributed by atoms with Crippen LogP contribution in [-0.4, -0.2) is 16.5 Å². The summed E-state index contributed by atoms with van der Waals surface area (Å²) in [6.07, 6.45) is 1.48. The van der Waals surface area contributed by atoms with Crippen molar-refractivity contribution >= 4 is 17.2 Å². The monoisotopic (exact) mass is 348 g/mol. The first-order valence-electron chi connectivity index (χ1n) is 8.81. The van der Waals surface area contributed by atoms with Gasteiger partial charge in [-0.25, -0.2) is 4.98 Å². The van der Waals surface area contributed by atoms with Crippen LogP contribution in [0.25, 0.3) is 0 Å². The fraction of sp³-hybridized carbons (Fsp3) is 0.238. The molecule has 0 aliphatic heterocycles. The zero-order valence-corrected chi connectivity index (χ0v) is 15.4. The van der Waals surface area contributed by atoms with Crippen molar-refractivity contribution in [3.05, 3.63) is 66.5 Å². The second kappa shape index (κ2) is 7.87. The summed E-state index contributed by atoms with van der Waals surface area (Å²) >= 11 is 0. The molecule has 0 bridgehead atoms. The van der Waals surface area contributed by atoms with Gasteiger partial charge in [-0.15, -0.1) is 0 Å². The minimum absolute atomic E-state index is 0.363. The fourth-order valence-electron chi connectivity index (χ4n) is 2.76. The Bertz CT molecular complexity index is 848. The molecule has 1 aromatic heterocycles. The van der Waals surface area contributed by atoms with E-state index in [4.69, 9.17) is 10.5 Å². The molecule has 0 spiro atoms. The van der Waals surface area contributed by atoms with Crippen LogP contribution in [0.1, 0.15) is 32.3 Å². The molecule has 0 aliphatic rings. The molecule has 3 rings (SSSR count). The van der Waals surface area contributed by atoms with E-state index in [9.17, 15) is 0 Å². The Morgan fingerprint density at radius 1 is 1.00 bits per heavy atom. The normalized spacial score (nSPS) is 10.8. The molecule has 0 saturated carbocycles. The Hall–Kier alpha value is -3.08. The van der Waals surface area contributed by atoms with Crippen molar-refractivity contribution in [1.82, 2.24) is 9.97 Å². The average Bonchev–Trinajstić information content (AvgIpc) is 2.66. The fourth-order valence-corrected chi connectivity index (χ4v) is 2.76. The second-order valence-corrected chi connectivity index (χ2v) is 6.32. The molecule has 2 aromatic carbocycles. The molecule has 1 heterocycles. The van der Waals surface area contributed by atoms with Crippen molar-refractivity contribution in [2.45, 2.75) is 26.7 Å². The lowest BCUT2D eigenvalue weighted by Gasteiger charge is -2.23. The van der Waals surface area contributed by atoms with Crippen molar-refractivity contribution in [2.75, 3.05) is 17.2 Å². The van der Waals surface area contributed by atoms with Crippen LogP contribution in [-0.2, 0) is 0 Å². The molecule has 5 nitrogen and oxygen atoms in total. The Kier molecular flexibility index (Phi) is 5.37. The average molecular weight is 348 g/mol. The maximum absolute atomic E-state index is 6.33. The van der Waals surface area contributed by atoms with Gasteiger partial charge in [0.25, 0.3) is 0 Å². The molecule has 0 aliphatic carbocycles. The van der Waals surface area contributed by atoms with E-state index in [-0.39, 0.29) is 0 Å². The van der Waals surface area contributed by atoms with Crippen molar-refractivity contribution < 1.29 is 4.74 Å². The van der Waals surface area contributed by atoms with E-state index in [2.05, 4.69) is 42.9 Å². The first-order valence-corrected chi connectivity index (χ1v) is 8.81. The number of para-hydroxylation sites is 1. The third-order valence-electron chi connectivity index (χ3n) is 4.23. The second-order valence-electron chi connectivity index (χ2n) is 6.32. The lowest BCUT2D eigenvalue weighted by Crippen LogP contribution is -2.19. The summed E-state index contributed by atoms with van der Waals surface area (Å²) in [5, 5.41) is 0. The van der Waals surface area contributed by atoms with Gasteiger partial charge in [-0.3, -0.25) is 0 Å². The molecule has 0 saturated heterocycles. The Morgan fingerprint density at radius 3 is 2.31 bits per heavy atom. The number of benzene rings is 2. The molecule has 0 unspecified atom stereocenters. The highest BCUT2D eigenvalue weighted by molar-refractivity contribution is 5.74. The van der Waals surface area contributed by atoms with E-state index in [0.29, 0.717) is 29.1 Å². The third-order valence-corrected chi connectivity index (χ3v) is 4.23. The first kappa shape index (κ1) is 17.7. The molecule has 0 radical (unpaired) electrons. The summed E-state index contributed by atoms with van der Waals surface area (Å²) < 4.78 is 5.91. The first-order chi connectivity index (χ1) is 12.6. The Balaban J connectivity index is 1.89. The van der Waals surface area contributed by atoms with E-state index in [1.54, 1.807) is 0 Å². The molecule has 0 atom stereocenters. The number of rotatable bonds is 6. The van der Waals surface area contributed by atoms with Gasteiger partial charge in [-0.2, -0.15) is 4.98 Å². The largest absolute Gasteiger partial charge is 0.437 e. The number of nitrogens with zero attached hydrogens (tertiary/aromatic N) is 3. The number of hydrogen-bond acceptors (Lipinski definition) is 5. The van der Waals surface area contributed by atoms with Crippen molar-refractivity contribution in [3.8, 4) is 11.6 Å². The summed E-state index contributed by atoms with van der Waals surface area (Å²) in [6.45, 7) is 7.11. The Morgan fingerprint density at radius 2 is 1.69 bits per heavy atom. The molecular formula is C21H24N4O.